The van der Waals surface area contributed by atoms with Crippen molar-refractivity contribution in [3.63, 3.8) is 0 Å². The van der Waals surface area contributed by atoms with Crippen molar-refractivity contribution in [2.45, 2.75) is 0 Å². The van der Waals surface area contributed by atoms with Gasteiger partial charge in [0, 0.05) is 38.1 Å². The summed E-state index contributed by atoms with van der Waals surface area (Å²) in [5.74, 6) is 0.694. The summed E-state index contributed by atoms with van der Waals surface area (Å²) < 4.78 is 9.10. The molecule has 0 saturated carbocycles. The molecule has 0 aliphatic carbocycles. The van der Waals surface area contributed by atoms with Gasteiger partial charge >= 0.3 is 0 Å². The third kappa shape index (κ3) is 3.55. The van der Waals surface area contributed by atoms with Crippen molar-refractivity contribution in [1.29, 1.82) is 0 Å². The Morgan fingerprint density at radius 2 is 1.11 bits per heavy atom. The molecule has 0 aliphatic heterocycles. The number of rotatable bonds is 3. The quantitative estimate of drug-likeness (QED) is 0.207. The summed E-state index contributed by atoms with van der Waals surface area (Å²) in [6.45, 7) is 0. The summed E-state index contributed by atoms with van der Waals surface area (Å²) in [4.78, 5) is 10.4. The molecule has 0 spiro atoms. The largest absolute Gasteiger partial charge is 0.455 e. The Kier molecular flexibility index (Phi) is 5.25. The molecular formula is C42H25N3O. The van der Waals surface area contributed by atoms with E-state index >= 15 is 0 Å². The van der Waals surface area contributed by atoms with Crippen LogP contribution in [0, 0.1) is 0 Å². The molecule has 3 aromatic heterocycles. The predicted molar refractivity (Wildman–Crippen MR) is 190 cm³/mol. The van der Waals surface area contributed by atoms with E-state index in [1.165, 1.54) is 10.8 Å². The maximum atomic E-state index is 6.73. The van der Waals surface area contributed by atoms with Crippen LogP contribution in [0.1, 0.15) is 0 Å². The molecule has 10 aromatic rings. The van der Waals surface area contributed by atoms with Crippen LogP contribution in [0.4, 0.5) is 0 Å². The molecular weight excluding hydrogens is 562 g/mol. The summed E-state index contributed by atoms with van der Waals surface area (Å²) in [5, 5.41) is 7.70. The molecule has 0 atom stereocenters. The summed E-state index contributed by atoms with van der Waals surface area (Å²) in [6, 6.07) is 52.9. The van der Waals surface area contributed by atoms with Gasteiger partial charge in [-0.3, -0.25) is 0 Å². The van der Waals surface area contributed by atoms with Crippen LogP contribution in [0.2, 0.25) is 0 Å². The van der Waals surface area contributed by atoms with Crippen molar-refractivity contribution >= 4 is 65.4 Å². The van der Waals surface area contributed by atoms with Gasteiger partial charge in [-0.05, 0) is 41.8 Å². The normalized spacial score (nSPS) is 11.9. The number of hydrogen-bond donors (Lipinski definition) is 0. The molecule has 4 nitrogen and oxygen atoms in total. The Balaban J connectivity index is 1.33. The average Bonchev–Trinajstić information content (AvgIpc) is 3.67. The second-order valence-corrected chi connectivity index (χ2v) is 11.7. The van der Waals surface area contributed by atoms with Crippen LogP contribution >= 0.6 is 0 Å². The van der Waals surface area contributed by atoms with Crippen LogP contribution in [0.25, 0.3) is 93.8 Å². The number of fused-ring (bicyclic) bond motifs is 9. The molecule has 0 saturated heterocycles. The number of nitrogens with zero attached hydrogens (tertiary/aromatic N) is 3. The average molecular weight is 588 g/mol. The second kappa shape index (κ2) is 9.62. The molecule has 0 bridgehead atoms. The van der Waals surface area contributed by atoms with Crippen LogP contribution in [-0.2, 0) is 0 Å². The smallest absolute Gasteiger partial charge is 0.161 e. The van der Waals surface area contributed by atoms with Crippen molar-refractivity contribution in [3.8, 4) is 28.3 Å². The minimum Gasteiger partial charge on any atom is -0.455 e. The molecule has 7 aromatic carbocycles. The Bertz CT molecular complexity index is 2760. The molecule has 10 rings (SSSR count). The molecule has 46 heavy (non-hydrogen) atoms. The Morgan fingerprint density at radius 3 is 1.87 bits per heavy atom. The van der Waals surface area contributed by atoms with Crippen molar-refractivity contribution in [3.05, 3.63) is 152 Å². The van der Waals surface area contributed by atoms with E-state index in [1.54, 1.807) is 0 Å². The van der Waals surface area contributed by atoms with Gasteiger partial charge in [0.2, 0.25) is 0 Å². The lowest BCUT2D eigenvalue weighted by Gasteiger charge is -2.12. The van der Waals surface area contributed by atoms with E-state index in [0.29, 0.717) is 5.82 Å². The van der Waals surface area contributed by atoms with Gasteiger partial charge in [-0.2, -0.15) is 0 Å². The van der Waals surface area contributed by atoms with E-state index in [0.717, 1.165) is 77.2 Å². The molecule has 0 aliphatic rings. The first-order valence-corrected chi connectivity index (χ1v) is 15.5. The molecule has 0 radical (unpaired) electrons. The molecule has 0 unspecified atom stereocenters. The van der Waals surface area contributed by atoms with Gasteiger partial charge in [0.15, 0.2) is 5.82 Å². The standard InChI is InChI=1S/C42H25N3O/c1-2-13-26(14-3-1)40-31-19-6-9-20-34(31)43-42(44-40)32-25-33-39-37(23-12-24-38(39)46-41(33)30-18-5-4-15-27(30)32)45-35-21-10-7-16-28(35)29-17-8-11-22-36(29)45/h1-25H. The summed E-state index contributed by atoms with van der Waals surface area (Å²) in [5.41, 5.74) is 9.01. The van der Waals surface area contributed by atoms with Gasteiger partial charge in [0.05, 0.1) is 33.3 Å². The maximum Gasteiger partial charge on any atom is 0.161 e. The third-order valence-corrected chi connectivity index (χ3v) is 9.19. The lowest BCUT2D eigenvalue weighted by atomic mass is 9.98. The fourth-order valence-corrected chi connectivity index (χ4v) is 7.20. The predicted octanol–water partition coefficient (Wildman–Crippen LogP) is 11.1. The fourth-order valence-electron chi connectivity index (χ4n) is 7.20. The highest BCUT2D eigenvalue weighted by Crippen LogP contribution is 2.43. The number of para-hydroxylation sites is 3. The van der Waals surface area contributed by atoms with Crippen LogP contribution in [0.3, 0.4) is 0 Å². The summed E-state index contributed by atoms with van der Waals surface area (Å²) >= 11 is 0. The first-order valence-electron chi connectivity index (χ1n) is 15.5. The molecule has 4 heteroatoms. The minimum atomic E-state index is 0.694. The number of aromatic nitrogens is 3. The zero-order chi connectivity index (χ0) is 30.2. The molecule has 0 N–H and O–H groups in total. The van der Waals surface area contributed by atoms with Crippen molar-refractivity contribution < 1.29 is 4.42 Å². The van der Waals surface area contributed by atoms with Gasteiger partial charge in [0.1, 0.15) is 11.2 Å². The van der Waals surface area contributed by atoms with E-state index in [9.17, 15) is 0 Å². The summed E-state index contributed by atoms with van der Waals surface area (Å²) in [6.07, 6.45) is 0. The van der Waals surface area contributed by atoms with Crippen molar-refractivity contribution in [2.75, 3.05) is 0 Å². The van der Waals surface area contributed by atoms with Crippen molar-refractivity contribution in [1.82, 2.24) is 14.5 Å². The highest BCUT2D eigenvalue weighted by Gasteiger charge is 2.21. The van der Waals surface area contributed by atoms with Gasteiger partial charge in [-0.1, -0.05) is 115 Å². The van der Waals surface area contributed by atoms with Gasteiger partial charge in [-0.15, -0.1) is 0 Å². The zero-order valence-electron chi connectivity index (χ0n) is 24.7. The monoisotopic (exact) mass is 587 g/mol. The van der Waals surface area contributed by atoms with Crippen molar-refractivity contribution in [2.24, 2.45) is 0 Å². The Hall–Kier alpha value is -6.26. The second-order valence-electron chi connectivity index (χ2n) is 11.7. The van der Waals surface area contributed by atoms with Crippen LogP contribution in [-0.4, -0.2) is 14.5 Å². The number of benzene rings is 7. The molecule has 214 valence electrons. The lowest BCUT2D eigenvalue weighted by molar-refractivity contribution is 0.672. The first-order chi connectivity index (χ1) is 22.8. The van der Waals surface area contributed by atoms with Gasteiger partial charge < -0.3 is 8.98 Å². The molecule has 3 heterocycles. The fraction of sp³-hybridized carbons (Fsp3) is 0. The Labute approximate surface area is 263 Å². The first kappa shape index (κ1) is 25.1. The van der Waals surface area contributed by atoms with Gasteiger partial charge in [-0.25, -0.2) is 9.97 Å². The highest BCUT2D eigenvalue weighted by atomic mass is 16.3. The number of furan rings is 1. The Morgan fingerprint density at radius 1 is 0.478 bits per heavy atom. The van der Waals surface area contributed by atoms with E-state index in [1.807, 2.05) is 18.2 Å². The summed E-state index contributed by atoms with van der Waals surface area (Å²) in [7, 11) is 0. The van der Waals surface area contributed by atoms with Gasteiger partial charge in [0.25, 0.3) is 0 Å². The SMILES string of the molecule is c1ccc(-c2nc(-c3cc4c(oc5cccc(-n6c7ccccc7c7ccccc76)c54)c4ccccc34)nc3ccccc23)cc1. The van der Waals surface area contributed by atoms with E-state index < -0.39 is 0 Å². The lowest BCUT2D eigenvalue weighted by Crippen LogP contribution is -1.96. The van der Waals surface area contributed by atoms with E-state index in [2.05, 4.69) is 138 Å². The third-order valence-electron chi connectivity index (χ3n) is 9.19. The maximum absolute atomic E-state index is 6.73. The molecule has 0 amide bonds. The van der Waals surface area contributed by atoms with E-state index in [4.69, 9.17) is 14.4 Å². The number of hydrogen-bond acceptors (Lipinski definition) is 3. The topological polar surface area (TPSA) is 43.9 Å². The van der Waals surface area contributed by atoms with Crippen LogP contribution < -0.4 is 0 Å². The van der Waals surface area contributed by atoms with E-state index in [-0.39, 0.29) is 0 Å². The molecule has 0 fully saturated rings. The van der Waals surface area contributed by atoms with Crippen LogP contribution in [0.15, 0.2) is 156 Å². The highest BCUT2D eigenvalue weighted by molar-refractivity contribution is 6.21. The minimum absolute atomic E-state index is 0.694. The van der Waals surface area contributed by atoms with Crippen LogP contribution in [0.5, 0.6) is 0 Å². The zero-order valence-corrected chi connectivity index (χ0v) is 24.7.